The molecular weight excluding hydrogens is 302 g/mol. The second kappa shape index (κ2) is 9.06. The van der Waals surface area contributed by atoms with Gasteiger partial charge in [0.05, 0.1) is 24.4 Å². The van der Waals surface area contributed by atoms with Gasteiger partial charge in [-0.25, -0.2) is 0 Å². The zero-order valence-electron chi connectivity index (χ0n) is 14.6. The first-order valence-corrected chi connectivity index (χ1v) is 8.55. The van der Waals surface area contributed by atoms with E-state index in [1.807, 2.05) is 38.1 Å². The minimum absolute atomic E-state index is 0.0911. The lowest BCUT2D eigenvalue weighted by Crippen LogP contribution is -2.16. The van der Waals surface area contributed by atoms with Crippen LogP contribution in [0.2, 0.25) is 0 Å². The lowest BCUT2D eigenvalue weighted by molar-refractivity contribution is -0.138. The fourth-order valence-corrected chi connectivity index (χ4v) is 2.05. The van der Waals surface area contributed by atoms with Gasteiger partial charge in [-0.05, 0) is 49.2 Å². The molecule has 1 unspecified atom stereocenters. The number of benzene rings is 1. The maximum atomic E-state index is 11.8. The van der Waals surface area contributed by atoms with Gasteiger partial charge in [-0.15, -0.1) is 0 Å². The van der Waals surface area contributed by atoms with Crippen molar-refractivity contribution in [3.05, 3.63) is 42.6 Å². The van der Waals surface area contributed by atoms with Crippen LogP contribution >= 0.6 is 0 Å². The third-order valence-corrected chi connectivity index (χ3v) is 3.89. The average molecular weight is 327 g/mol. The second-order valence-electron chi connectivity index (χ2n) is 5.84. The van der Waals surface area contributed by atoms with E-state index in [-0.39, 0.29) is 11.9 Å². The molecule has 0 aliphatic carbocycles. The van der Waals surface area contributed by atoms with E-state index in [4.69, 9.17) is 9.47 Å². The number of ether oxygens (including phenoxy) is 2. The molecule has 4 nitrogen and oxygen atoms in total. The first kappa shape index (κ1) is 18.0. The molecule has 4 heteroatoms. The van der Waals surface area contributed by atoms with Crippen LogP contribution < -0.4 is 9.47 Å². The summed E-state index contributed by atoms with van der Waals surface area (Å²) in [5.74, 6) is 1.05. The maximum absolute atomic E-state index is 11.8. The third-order valence-electron chi connectivity index (χ3n) is 3.89. The Kier molecular flexibility index (Phi) is 6.79. The molecule has 0 fully saturated rings. The van der Waals surface area contributed by atoms with Crippen LogP contribution in [0, 0.1) is 5.92 Å². The van der Waals surface area contributed by atoms with Crippen molar-refractivity contribution < 1.29 is 14.3 Å². The average Bonchev–Trinajstić information content (AvgIpc) is 2.62. The van der Waals surface area contributed by atoms with E-state index >= 15 is 0 Å². The number of esters is 1. The number of carbonyl (C=O) groups is 1. The highest BCUT2D eigenvalue weighted by molar-refractivity contribution is 5.75. The van der Waals surface area contributed by atoms with Gasteiger partial charge in [0, 0.05) is 5.56 Å². The number of hydrogen-bond donors (Lipinski definition) is 0. The van der Waals surface area contributed by atoms with Crippen LogP contribution in [-0.4, -0.2) is 17.6 Å². The third kappa shape index (κ3) is 5.08. The predicted octanol–water partition coefficient (Wildman–Crippen LogP) is 4.88. The maximum Gasteiger partial charge on any atom is 0.314 e. The summed E-state index contributed by atoms with van der Waals surface area (Å²) >= 11 is 0. The molecule has 24 heavy (non-hydrogen) atoms. The highest BCUT2D eigenvalue weighted by Gasteiger charge is 2.13. The standard InChI is InChI=1S/C20H25NO3/c1-4-6-13-23-18-11-12-19(21-14-18)16-7-9-17(10-8-16)24-20(22)15(3)5-2/h7-12,14-15H,4-6,13H2,1-3H3. The monoisotopic (exact) mass is 327 g/mol. The van der Waals surface area contributed by atoms with Crippen molar-refractivity contribution in [1.82, 2.24) is 4.98 Å². The Morgan fingerprint density at radius 1 is 1.08 bits per heavy atom. The van der Waals surface area contributed by atoms with E-state index in [1.165, 1.54) is 0 Å². The molecule has 2 aromatic rings. The van der Waals surface area contributed by atoms with Crippen LogP contribution in [0.15, 0.2) is 42.6 Å². The van der Waals surface area contributed by atoms with Gasteiger partial charge in [0.25, 0.3) is 0 Å². The van der Waals surface area contributed by atoms with Crippen molar-refractivity contribution in [3.63, 3.8) is 0 Å². The highest BCUT2D eigenvalue weighted by Crippen LogP contribution is 2.23. The fraction of sp³-hybridized carbons (Fsp3) is 0.400. The molecule has 0 saturated carbocycles. The summed E-state index contributed by atoms with van der Waals surface area (Å²) in [4.78, 5) is 16.2. The van der Waals surface area contributed by atoms with Crippen molar-refractivity contribution in [2.24, 2.45) is 5.92 Å². The van der Waals surface area contributed by atoms with Crippen molar-refractivity contribution in [2.75, 3.05) is 6.61 Å². The molecule has 1 aromatic heterocycles. The Balaban J connectivity index is 1.98. The first-order valence-electron chi connectivity index (χ1n) is 8.55. The molecule has 0 radical (unpaired) electrons. The molecule has 1 aromatic carbocycles. The first-order chi connectivity index (χ1) is 11.6. The van der Waals surface area contributed by atoms with Crippen LogP contribution in [0.25, 0.3) is 11.3 Å². The highest BCUT2D eigenvalue weighted by atomic mass is 16.5. The van der Waals surface area contributed by atoms with Crippen LogP contribution in [0.3, 0.4) is 0 Å². The second-order valence-corrected chi connectivity index (χ2v) is 5.84. The number of pyridine rings is 1. The number of carbonyl (C=O) groups excluding carboxylic acids is 1. The van der Waals surface area contributed by atoms with Crippen LogP contribution in [0.5, 0.6) is 11.5 Å². The molecule has 0 amide bonds. The molecule has 1 atom stereocenters. The number of hydrogen-bond acceptors (Lipinski definition) is 4. The van der Waals surface area contributed by atoms with Gasteiger partial charge >= 0.3 is 5.97 Å². The Morgan fingerprint density at radius 2 is 1.79 bits per heavy atom. The minimum Gasteiger partial charge on any atom is -0.492 e. The van der Waals surface area contributed by atoms with Gasteiger partial charge in [0.15, 0.2) is 0 Å². The lowest BCUT2D eigenvalue weighted by atomic mass is 10.1. The molecule has 0 bridgehead atoms. The fourth-order valence-electron chi connectivity index (χ4n) is 2.05. The largest absolute Gasteiger partial charge is 0.492 e. The summed E-state index contributed by atoms with van der Waals surface area (Å²) in [6.45, 7) is 6.68. The van der Waals surface area contributed by atoms with Gasteiger partial charge in [-0.2, -0.15) is 0 Å². The molecule has 0 N–H and O–H groups in total. The molecule has 1 heterocycles. The quantitative estimate of drug-likeness (QED) is 0.394. The Morgan fingerprint density at radius 3 is 2.38 bits per heavy atom. The summed E-state index contributed by atoms with van der Waals surface area (Å²) in [5.41, 5.74) is 1.83. The van der Waals surface area contributed by atoms with Gasteiger partial charge in [0.2, 0.25) is 0 Å². The molecule has 0 aliphatic heterocycles. The van der Waals surface area contributed by atoms with E-state index < -0.39 is 0 Å². The van der Waals surface area contributed by atoms with Gasteiger partial charge in [-0.3, -0.25) is 9.78 Å². The number of rotatable bonds is 8. The van der Waals surface area contributed by atoms with Gasteiger partial charge in [-0.1, -0.05) is 27.2 Å². The van der Waals surface area contributed by atoms with Crippen molar-refractivity contribution >= 4 is 5.97 Å². The van der Waals surface area contributed by atoms with E-state index in [0.717, 1.165) is 36.3 Å². The summed E-state index contributed by atoms with van der Waals surface area (Å²) in [7, 11) is 0. The van der Waals surface area contributed by atoms with Crippen LogP contribution in [0.4, 0.5) is 0 Å². The number of aromatic nitrogens is 1. The van der Waals surface area contributed by atoms with Gasteiger partial charge < -0.3 is 9.47 Å². The normalized spacial score (nSPS) is 11.8. The Labute approximate surface area is 143 Å². The zero-order valence-corrected chi connectivity index (χ0v) is 14.6. The van der Waals surface area contributed by atoms with Crippen LogP contribution in [0.1, 0.15) is 40.0 Å². The summed E-state index contributed by atoms with van der Waals surface area (Å²) in [6.07, 6.45) is 4.66. The SMILES string of the molecule is CCCCOc1ccc(-c2ccc(OC(=O)C(C)CC)cc2)nc1. The molecule has 128 valence electrons. The van der Waals surface area contributed by atoms with Crippen LogP contribution in [-0.2, 0) is 4.79 Å². The number of nitrogens with zero attached hydrogens (tertiary/aromatic N) is 1. The minimum atomic E-state index is -0.197. The molecule has 0 saturated heterocycles. The Hall–Kier alpha value is -2.36. The summed E-state index contributed by atoms with van der Waals surface area (Å²) in [6, 6.07) is 11.3. The predicted molar refractivity (Wildman–Crippen MR) is 95.2 cm³/mol. The molecule has 2 rings (SSSR count). The summed E-state index contributed by atoms with van der Waals surface area (Å²) < 4.78 is 11.0. The van der Waals surface area contributed by atoms with Crippen molar-refractivity contribution in [2.45, 2.75) is 40.0 Å². The van der Waals surface area contributed by atoms with E-state index in [1.54, 1.807) is 18.3 Å². The molecule has 0 aliphatic rings. The Bertz CT molecular complexity index is 635. The van der Waals surface area contributed by atoms with Crippen molar-refractivity contribution in [3.8, 4) is 22.8 Å². The van der Waals surface area contributed by atoms with Crippen molar-refractivity contribution in [1.29, 1.82) is 0 Å². The van der Waals surface area contributed by atoms with E-state index in [2.05, 4.69) is 11.9 Å². The van der Waals surface area contributed by atoms with E-state index in [9.17, 15) is 4.79 Å². The molecule has 0 spiro atoms. The topological polar surface area (TPSA) is 48.4 Å². The molecular formula is C20H25NO3. The smallest absolute Gasteiger partial charge is 0.314 e. The van der Waals surface area contributed by atoms with Gasteiger partial charge in [0.1, 0.15) is 11.5 Å². The van der Waals surface area contributed by atoms with E-state index in [0.29, 0.717) is 12.4 Å². The zero-order chi connectivity index (χ0) is 17.4. The lowest BCUT2D eigenvalue weighted by Gasteiger charge is -2.09. The summed E-state index contributed by atoms with van der Waals surface area (Å²) in [5, 5.41) is 0. The number of unbranched alkanes of at least 4 members (excludes halogenated alkanes) is 1.